The van der Waals surface area contributed by atoms with E-state index in [-0.39, 0.29) is 0 Å². The molecule has 0 aromatic carbocycles. The van der Waals surface area contributed by atoms with Crippen molar-refractivity contribution in [2.45, 2.75) is 237 Å². The van der Waals surface area contributed by atoms with E-state index < -0.39 is 36.9 Å². The van der Waals surface area contributed by atoms with Crippen LogP contribution in [-0.2, 0) is 4.79 Å². The molecule has 0 spiro atoms. The number of aliphatic hydroxyl groups is 4. The van der Waals surface area contributed by atoms with Crippen molar-refractivity contribution in [2.24, 2.45) is 0 Å². The highest BCUT2D eigenvalue weighted by molar-refractivity contribution is 5.80. The van der Waals surface area contributed by atoms with Crippen LogP contribution in [0.15, 0.2) is 12.2 Å². The van der Waals surface area contributed by atoms with Crippen LogP contribution in [-0.4, -0.2) is 57.3 Å². The average Bonchev–Trinajstić information content (AvgIpc) is 3.07. The molecule has 4 atom stereocenters. The van der Waals surface area contributed by atoms with Crippen LogP contribution in [0.25, 0.3) is 0 Å². The third-order valence-electron chi connectivity index (χ3n) is 9.73. The summed E-state index contributed by atoms with van der Waals surface area (Å²) in [5, 5.41) is 43.4. The first-order chi connectivity index (χ1) is 23.0. The molecule has 0 aromatic rings. The van der Waals surface area contributed by atoms with Crippen LogP contribution in [0.5, 0.6) is 0 Å². The summed E-state index contributed by atoms with van der Waals surface area (Å²) in [6.07, 6.45) is 38.2. The smallest absolute Gasteiger partial charge is 0.249 e. The number of hydrogen-bond acceptors (Lipinski definition) is 5. The lowest BCUT2D eigenvalue weighted by Gasteiger charge is -2.27. The van der Waals surface area contributed by atoms with E-state index in [9.17, 15) is 25.2 Å². The van der Waals surface area contributed by atoms with Crippen LogP contribution in [0, 0.1) is 0 Å². The first-order valence-electron chi connectivity index (χ1n) is 20.6. The quantitative estimate of drug-likeness (QED) is 0.0335. The van der Waals surface area contributed by atoms with Gasteiger partial charge in [0.15, 0.2) is 0 Å². The summed E-state index contributed by atoms with van der Waals surface area (Å²) in [5.41, 5.74) is 0. The van der Waals surface area contributed by atoms with E-state index >= 15 is 0 Å². The number of aliphatic hydroxyl groups excluding tert-OH is 4. The number of allylic oxidation sites excluding steroid dienone is 2. The first kappa shape index (κ1) is 46.0. The van der Waals surface area contributed by atoms with E-state index in [1.807, 2.05) is 0 Å². The molecular weight excluding hydrogens is 586 g/mol. The van der Waals surface area contributed by atoms with Gasteiger partial charge in [0, 0.05) is 0 Å². The molecule has 47 heavy (non-hydrogen) atoms. The van der Waals surface area contributed by atoms with Crippen LogP contribution in [0.1, 0.15) is 213 Å². The third-order valence-corrected chi connectivity index (χ3v) is 9.73. The van der Waals surface area contributed by atoms with Crippen molar-refractivity contribution in [3.05, 3.63) is 12.2 Å². The highest BCUT2D eigenvalue weighted by Gasteiger charge is 2.28. The monoisotopic (exact) mass is 668 g/mol. The van der Waals surface area contributed by atoms with Gasteiger partial charge in [0.25, 0.3) is 0 Å². The molecule has 0 aliphatic carbocycles. The molecule has 280 valence electrons. The van der Waals surface area contributed by atoms with E-state index in [0.717, 1.165) is 38.5 Å². The van der Waals surface area contributed by atoms with Crippen LogP contribution in [0.3, 0.4) is 0 Å². The lowest BCUT2D eigenvalue weighted by molar-refractivity contribution is -0.132. The van der Waals surface area contributed by atoms with Crippen molar-refractivity contribution in [1.82, 2.24) is 5.32 Å². The standard InChI is InChI=1S/C41H81NO5/c1-3-5-7-9-11-13-15-16-17-18-19-20-21-22-23-24-25-27-29-31-33-35-39(45)41(47)42-37(36-43)40(46)38(44)34-32-30-28-26-14-12-10-8-6-4-2/h26,28,37-40,43-46H,3-25,27,29-36H2,1-2H3,(H,42,47)/b28-26+. The van der Waals surface area contributed by atoms with Gasteiger partial charge in [0.1, 0.15) is 12.2 Å². The van der Waals surface area contributed by atoms with Gasteiger partial charge in [-0.05, 0) is 38.5 Å². The minimum atomic E-state index is -1.27. The van der Waals surface area contributed by atoms with Crippen molar-refractivity contribution in [3.63, 3.8) is 0 Å². The van der Waals surface area contributed by atoms with E-state index in [0.29, 0.717) is 12.8 Å². The van der Waals surface area contributed by atoms with Crippen LogP contribution >= 0.6 is 0 Å². The second-order valence-corrected chi connectivity index (χ2v) is 14.3. The topological polar surface area (TPSA) is 110 Å². The molecular formula is C41H81NO5. The zero-order valence-corrected chi connectivity index (χ0v) is 31.3. The average molecular weight is 668 g/mol. The summed E-state index contributed by atoms with van der Waals surface area (Å²) in [6.45, 7) is 4.01. The van der Waals surface area contributed by atoms with Gasteiger partial charge in [0.2, 0.25) is 5.91 Å². The molecule has 6 nitrogen and oxygen atoms in total. The molecule has 6 heteroatoms. The Morgan fingerprint density at radius 2 is 0.872 bits per heavy atom. The number of carbonyl (C=O) groups excluding carboxylic acids is 1. The zero-order chi connectivity index (χ0) is 34.6. The fourth-order valence-electron chi connectivity index (χ4n) is 6.40. The molecule has 0 saturated heterocycles. The Hall–Kier alpha value is -0.950. The van der Waals surface area contributed by atoms with E-state index in [4.69, 9.17) is 0 Å². The van der Waals surface area contributed by atoms with Crippen LogP contribution < -0.4 is 5.32 Å². The second kappa shape index (κ2) is 36.3. The molecule has 0 radical (unpaired) electrons. The summed E-state index contributed by atoms with van der Waals surface area (Å²) in [7, 11) is 0. The third kappa shape index (κ3) is 30.8. The molecule has 0 aromatic heterocycles. The van der Waals surface area contributed by atoms with Gasteiger partial charge in [-0.2, -0.15) is 0 Å². The Morgan fingerprint density at radius 3 is 1.28 bits per heavy atom. The molecule has 1 amide bonds. The predicted molar refractivity (Wildman–Crippen MR) is 201 cm³/mol. The largest absolute Gasteiger partial charge is 0.394 e. The second-order valence-electron chi connectivity index (χ2n) is 14.3. The summed E-state index contributed by atoms with van der Waals surface area (Å²) in [6, 6.07) is -0.995. The molecule has 0 bridgehead atoms. The van der Waals surface area contributed by atoms with E-state index in [1.165, 1.54) is 148 Å². The lowest BCUT2D eigenvalue weighted by Crippen LogP contribution is -2.53. The Kier molecular flexibility index (Phi) is 35.6. The Labute approximate surface area is 292 Å². The Bertz CT molecular complexity index is 672. The van der Waals surface area contributed by atoms with Gasteiger partial charge in [-0.25, -0.2) is 0 Å². The number of amides is 1. The van der Waals surface area contributed by atoms with Gasteiger partial charge in [-0.3, -0.25) is 4.79 Å². The molecule has 0 rings (SSSR count). The van der Waals surface area contributed by atoms with Gasteiger partial charge >= 0.3 is 0 Å². The Morgan fingerprint density at radius 1 is 0.511 bits per heavy atom. The van der Waals surface area contributed by atoms with Crippen molar-refractivity contribution >= 4 is 5.91 Å². The molecule has 0 fully saturated rings. The first-order valence-corrected chi connectivity index (χ1v) is 20.6. The lowest BCUT2D eigenvalue weighted by atomic mass is 10.00. The molecule has 5 N–H and O–H groups in total. The molecule has 0 heterocycles. The maximum Gasteiger partial charge on any atom is 0.249 e. The van der Waals surface area contributed by atoms with Crippen molar-refractivity contribution in [2.75, 3.05) is 6.61 Å². The summed E-state index contributed by atoms with van der Waals surface area (Å²) >= 11 is 0. The fourth-order valence-corrected chi connectivity index (χ4v) is 6.40. The fraction of sp³-hybridized carbons (Fsp3) is 0.927. The number of carbonyl (C=O) groups is 1. The predicted octanol–water partition coefficient (Wildman–Crippen LogP) is 10.2. The number of nitrogens with one attached hydrogen (secondary N) is 1. The maximum absolute atomic E-state index is 12.4. The van der Waals surface area contributed by atoms with Gasteiger partial charge in [-0.1, -0.05) is 187 Å². The molecule has 0 saturated carbocycles. The SMILES string of the molecule is CCCCCCC/C=C/CCCC(O)C(O)C(CO)NC(=O)C(O)CCCCCCCCCCCCCCCCCCCCCCC. The van der Waals surface area contributed by atoms with E-state index in [1.54, 1.807) is 0 Å². The maximum atomic E-state index is 12.4. The minimum Gasteiger partial charge on any atom is -0.394 e. The van der Waals surface area contributed by atoms with Gasteiger partial charge in [0.05, 0.1) is 18.8 Å². The van der Waals surface area contributed by atoms with E-state index in [2.05, 4.69) is 31.3 Å². The number of unbranched alkanes of at least 4 members (excludes halogenated alkanes) is 26. The van der Waals surface area contributed by atoms with Crippen molar-refractivity contribution in [1.29, 1.82) is 0 Å². The van der Waals surface area contributed by atoms with Crippen LogP contribution in [0.4, 0.5) is 0 Å². The van der Waals surface area contributed by atoms with Gasteiger partial charge < -0.3 is 25.7 Å². The number of rotatable bonds is 37. The van der Waals surface area contributed by atoms with Crippen molar-refractivity contribution < 1.29 is 25.2 Å². The Balaban J connectivity index is 3.70. The van der Waals surface area contributed by atoms with Crippen LogP contribution in [0.2, 0.25) is 0 Å². The normalized spacial score (nSPS) is 14.4. The van der Waals surface area contributed by atoms with Gasteiger partial charge in [-0.15, -0.1) is 0 Å². The molecule has 4 unspecified atom stereocenters. The molecule has 0 aliphatic rings. The minimum absolute atomic E-state index is 0.368. The molecule has 0 aliphatic heterocycles. The number of hydrogen-bond donors (Lipinski definition) is 5. The highest BCUT2D eigenvalue weighted by Crippen LogP contribution is 2.16. The summed E-state index contributed by atoms with van der Waals surface area (Å²) < 4.78 is 0. The zero-order valence-electron chi connectivity index (χ0n) is 31.3. The highest BCUT2D eigenvalue weighted by atomic mass is 16.3. The van der Waals surface area contributed by atoms with Crippen molar-refractivity contribution in [3.8, 4) is 0 Å². The summed E-state index contributed by atoms with van der Waals surface area (Å²) in [5.74, 6) is -0.592. The summed E-state index contributed by atoms with van der Waals surface area (Å²) in [4.78, 5) is 12.4.